The van der Waals surface area contributed by atoms with Gasteiger partial charge < -0.3 is 9.55 Å². The van der Waals surface area contributed by atoms with Gasteiger partial charge in [0.15, 0.2) is 4.77 Å². The number of hydrogen-bond acceptors (Lipinski definition) is 2. The van der Waals surface area contributed by atoms with Crippen LogP contribution in [-0.4, -0.2) is 33.6 Å². The number of aromatic nitrogens is 2. The largest absolute Gasteiger partial charge is 0.331 e. The molecule has 19 heavy (non-hydrogen) atoms. The summed E-state index contributed by atoms with van der Waals surface area (Å²) in [5, 5.41) is 0. The van der Waals surface area contributed by atoms with Crippen LogP contribution in [0.5, 0.6) is 0 Å². The number of imidazole rings is 1. The molecule has 3 rings (SSSR count). The normalized spacial score (nSPS) is 20.4. The summed E-state index contributed by atoms with van der Waals surface area (Å²) in [6.07, 6.45) is 2.60. The van der Waals surface area contributed by atoms with Crippen LogP contribution >= 0.6 is 34.8 Å². The molecule has 2 aromatic rings. The zero-order valence-corrected chi connectivity index (χ0v) is 14.0. The van der Waals surface area contributed by atoms with Gasteiger partial charge in [0.2, 0.25) is 0 Å². The van der Waals surface area contributed by atoms with Crippen molar-refractivity contribution >= 4 is 45.8 Å². The number of hydrogen-bond donors (Lipinski definition) is 1. The minimum atomic E-state index is 0.634. The van der Waals surface area contributed by atoms with Crippen molar-refractivity contribution in [3.05, 3.63) is 26.5 Å². The van der Waals surface area contributed by atoms with Gasteiger partial charge in [-0.1, -0.05) is 6.92 Å². The summed E-state index contributed by atoms with van der Waals surface area (Å²) in [7, 11) is 0. The maximum absolute atomic E-state index is 5.49. The van der Waals surface area contributed by atoms with Crippen molar-refractivity contribution in [1.29, 1.82) is 0 Å². The number of benzene rings is 1. The van der Waals surface area contributed by atoms with Crippen LogP contribution in [0.15, 0.2) is 18.2 Å². The fourth-order valence-electron chi connectivity index (χ4n) is 3.05. The summed E-state index contributed by atoms with van der Waals surface area (Å²) in [4.78, 5) is 5.89. The number of H-pyrrole nitrogens is 1. The van der Waals surface area contributed by atoms with Gasteiger partial charge in [0.1, 0.15) is 0 Å². The van der Waals surface area contributed by atoms with Gasteiger partial charge in [-0.15, -0.1) is 0 Å². The van der Waals surface area contributed by atoms with Crippen LogP contribution in [0, 0.1) is 8.34 Å². The molecule has 2 heterocycles. The third-order valence-corrected chi connectivity index (χ3v) is 5.03. The molecule has 1 saturated heterocycles. The first-order valence-electron chi connectivity index (χ1n) is 6.81. The maximum Gasteiger partial charge on any atom is 0.178 e. The summed E-state index contributed by atoms with van der Waals surface area (Å²) < 4.78 is 4.35. The number of fused-ring (bicyclic) bond motifs is 1. The van der Waals surface area contributed by atoms with Crippen molar-refractivity contribution in [3.8, 4) is 0 Å². The number of aromatic amines is 1. The number of nitrogens with one attached hydrogen (secondary N) is 1. The lowest BCUT2D eigenvalue weighted by Crippen LogP contribution is -2.32. The zero-order valence-electron chi connectivity index (χ0n) is 11.0. The highest BCUT2D eigenvalue weighted by atomic mass is 127. The molecule has 0 radical (unpaired) electrons. The van der Waals surface area contributed by atoms with E-state index in [4.69, 9.17) is 12.2 Å². The molecule has 0 aliphatic carbocycles. The molecule has 0 bridgehead atoms. The van der Waals surface area contributed by atoms with E-state index in [1.807, 2.05) is 0 Å². The summed E-state index contributed by atoms with van der Waals surface area (Å²) in [5.74, 6) is 0. The second kappa shape index (κ2) is 5.54. The maximum atomic E-state index is 5.49. The third-order valence-electron chi connectivity index (χ3n) is 4.03. The van der Waals surface area contributed by atoms with Gasteiger partial charge >= 0.3 is 0 Å². The lowest BCUT2D eigenvalue weighted by Gasteiger charge is -2.23. The van der Waals surface area contributed by atoms with E-state index in [9.17, 15) is 0 Å². The van der Waals surface area contributed by atoms with Crippen LogP contribution in [0.4, 0.5) is 0 Å². The van der Waals surface area contributed by atoms with E-state index in [-0.39, 0.29) is 0 Å². The Bertz CT molecular complexity index is 646. The quantitative estimate of drug-likeness (QED) is 0.640. The predicted molar refractivity (Wildman–Crippen MR) is 90.1 cm³/mol. The Balaban J connectivity index is 1.96. The fourth-order valence-corrected chi connectivity index (χ4v) is 3.82. The Morgan fingerprint density at radius 1 is 1.47 bits per heavy atom. The second-order valence-electron chi connectivity index (χ2n) is 5.13. The topological polar surface area (TPSA) is 24.0 Å². The molecule has 3 nitrogen and oxygen atoms in total. The van der Waals surface area contributed by atoms with Gasteiger partial charge in [0.05, 0.1) is 11.0 Å². The second-order valence-corrected chi connectivity index (χ2v) is 6.76. The first-order chi connectivity index (χ1) is 9.19. The minimum Gasteiger partial charge on any atom is -0.331 e. The first-order valence-corrected chi connectivity index (χ1v) is 8.30. The highest BCUT2D eigenvalue weighted by molar-refractivity contribution is 14.1. The van der Waals surface area contributed by atoms with Gasteiger partial charge in [-0.2, -0.15) is 0 Å². The number of likely N-dealkylation sites (tertiary alicyclic amines) is 1. The summed E-state index contributed by atoms with van der Waals surface area (Å²) >= 11 is 7.83. The van der Waals surface area contributed by atoms with Crippen molar-refractivity contribution < 1.29 is 0 Å². The molecule has 1 aliphatic rings. The van der Waals surface area contributed by atoms with Gasteiger partial charge in [0, 0.05) is 16.2 Å². The van der Waals surface area contributed by atoms with E-state index < -0.39 is 0 Å². The number of rotatable bonds is 3. The Labute approximate surface area is 132 Å². The van der Waals surface area contributed by atoms with E-state index >= 15 is 0 Å². The predicted octanol–water partition coefficient (Wildman–Crippen LogP) is 3.79. The van der Waals surface area contributed by atoms with E-state index in [1.54, 1.807) is 0 Å². The average Bonchev–Trinajstić information content (AvgIpc) is 2.95. The molecule has 1 aromatic heterocycles. The van der Waals surface area contributed by atoms with Gasteiger partial charge in [-0.25, -0.2) is 0 Å². The van der Waals surface area contributed by atoms with Crippen LogP contribution < -0.4 is 0 Å². The minimum absolute atomic E-state index is 0.634. The van der Waals surface area contributed by atoms with Crippen molar-refractivity contribution in [2.45, 2.75) is 32.4 Å². The van der Waals surface area contributed by atoms with E-state index in [0.29, 0.717) is 6.04 Å². The molecule has 0 amide bonds. The van der Waals surface area contributed by atoms with Crippen LogP contribution in [0.25, 0.3) is 11.0 Å². The Morgan fingerprint density at radius 3 is 3.11 bits per heavy atom. The van der Waals surface area contributed by atoms with Crippen molar-refractivity contribution in [2.75, 3.05) is 13.1 Å². The molecule has 1 fully saturated rings. The lowest BCUT2D eigenvalue weighted by atomic mass is 10.2. The lowest BCUT2D eigenvalue weighted by molar-refractivity contribution is 0.245. The third kappa shape index (κ3) is 2.60. The van der Waals surface area contributed by atoms with Gasteiger partial charge in [0.25, 0.3) is 0 Å². The van der Waals surface area contributed by atoms with Gasteiger partial charge in [-0.3, -0.25) is 4.90 Å². The molecular formula is C14H18IN3S. The monoisotopic (exact) mass is 387 g/mol. The SMILES string of the molecule is CCN1CCCC1Cn1c(=S)[nH]c2cc(I)ccc21. The number of likely N-dealkylation sites (N-methyl/N-ethyl adjacent to an activating group) is 1. The van der Waals surface area contributed by atoms with Crippen LogP contribution in [0.2, 0.25) is 0 Å². The smallest absolute Gasteiger partial charge is 0.178 e. The summed E-state index contributed by atoms with van der Waals surface area (Å²) in [6.45, 7) is 5.62. The number of nitrogens with zero attached hydrogens (tertiary/aromatic N) is 2. The molecule has 1 atom stereocenters. The van der Waals surface area contributed by atoms with Crippen molar-refractivity contribution in [3.63, 3.8) is 0 Å². The molecule has 1 aromatic carbocycles. The Kier molecular flexibility index (Phi) is 3.96. The molecule has 1 unspecified atom stereocenters. The first kappa shape index (κ1) is 13.6. The highest BCUT2D eigenvalue weighted by Gasteiger charge is 2.23. The average molecular weight is 387 g/mol. The molecule has 1 N–H and O–H groups in total. The highest BCUT2D eigenvalue weighted by Crippen LogP contribution is 2.22. The van der Waals surface area contributed by atoms with E-state index in [2.05, 4.69) is 62.2 Å². The molecule has 0 saturated carbocycles. The van der Waals surface area contributed by atoms with E-state index in [0.717, 1.165) is 23.4 Å². The molecular weight excluding hydrogens is 369 g/mol. The molecule has 5 heteroatoms. The van der Waals surface area contributed by atoms with Crippen molar-refractivity contribution in [1.82, 2.24) is 14.5 Å². The van der Waals surface area contributed by atoms with Crippen LogP contribution in [0.1, 0.15) is 19.8 Å². The standard InChI is InChI=1S/C14H18IN3S/c1-2-17-7-3-4-11(17)9-18-13-6-5-10(15)8-12(13)16-14(18)19/h5-6,8,11H,2-4,7,9H2,1H3,(H,16,19). The van der Waals surface area contributed by atoms with Gasteiger partial charge in [-0.05, 0) is 78.9 Å². The summed E-state index contributed by atoms with van der Waals surface area (Å²) in [6, 6.07) is 7.12. The zero-order chi connectivity index (χ0) is 13.4. The Hall–Kier alpha value is -0.400. The van der Waals surface area contributed by atoms with Crippen molar-refractivity contribution in [2.24, 2.45) is 0 Å². The van der Waals surface area contributed by atoms with Crippen LogP contribution in [0.3, 0.4) is 0 Å². The van der Waals surface area contributed by atoms with E-state index in [1.165, 1.54) is 28.5 Å². The number of halogens is 1. The fraction of sp³-hybridized carbons (Fsp3) is 0.500. The molecule has 0 spiro atoms. The summed E-state index contributed by atoms with van der Waals surface area (Å²) in [5.41, 5.74) is 2.38. The molecule has 1 aliphatic heterocycles. The van der Waals surface area contributed by atoms with Crippen LogP contribution in [-0.2, 0) is 6.54 Å². The Morgan fingerprint density at radius 2 is 2.32 bits per heavy atom. The molecule has 102 valence electrons.